The van der Waals surface area contributed by atoms with Gasteiger partial charge in [-0.25, -0.2) is 0 Å². The lowest BCUT2D eigenvalue weighted by molar-refractivity contribution is 1.12. The molecule has 0 amide bonds. The first-order valence-electron chi connectivity index (χ1n) is 5.89. The van der Waals surface area contributed by atoms with Crippen molar-refractivity contribution < 1.29 is 0 Å². The highest BCUT2D eigenvalue weighted by Gasteiger charge is 2.14. The van der Waals surface area contributed by atoms with E-state index in [2.05, 4.69) is 10.3 Å². The Bertz CT molecular complexity index is 666. The molecule has 3 N–H and O–H groups in total. The Balaban J connectivity index is 2.56. The molecular weight excluding hydrogens is 313 g/mol. The fraction of sp³-hybridized carbons (Fsp3) is 0.143. The predicted molar refractivity (Wildman–Crippen MR) is 89.3 cm³/mol. The Kier molecular flexibility index (Phi) is 4.48. The lowest BCUT2D eigenvalue weighted by atomic mass is 10.1. The van der Waals surface area contributed by atoms with E-state index >= 15 is 0 Å². The van der Waals surface area contributed by atoms with Gasteiger partial charge in [-0.05, 0) is 32.0 Å². The van der Waals surface area contributed by atoms with Gasteiger partial charge in [0.25, 0.3) is 0 Å². The monoisotopic (exact) mass is 325 g/mol. The van der Waals surface area contributed by atoms with Gasteiger partial charge in [-0.1, -0.05) is 41.5 Å². The SMILES string of the molecule is Cc1cc(Nc2c(Cl)cccc2Cl)c(C(N)=S)c(C)n1. The first-order chi connectivity index (χ1) is 9.40. The van der Waals surface area contributed by atoms with E-state index in [0.29, 0.717) is 21.3 Å². The van der Waals surface area contributed by atoms with E-state index in [0.717, 1.165) is 17.1 Å². The first-order valence-corrected chi connectivity index (χ1v) is 7.05. The maximum atomic E-state index is 6.16. The van der Waals surface area contributed by atoms with Crippen LogP contribution in [0, 0.1) is 13.8 Å². The highest BCUT2D eigenvalue weighted by molar-refractivity contribution is 7.80. The normalized spacial score (nSPS) is 10.4. The fourth-order valence-electron chi connectivity index (χ4n) is 1.99. The number of aromatic nitrogens is 1. The maximum Gasteiger partial charge on any atom is 0.107 e. The van der Waals surface area contributed by atoms with Gasteiger partial charge in [0, 0.05) is 11.4 Å². The lowest BCUT2D eigenvalue weighted by Crippen LogP contribution is -2.15. The van der Waals surface area contributed by atoms with Crippen molar-refractivity contribution in [1.29, 1.82) is 0 Å². The van der Waals surface area contributed by atoms with E-state index in [1.165, 1.54) is 0 Å². The zero-order valence-electron chi connectivity index (χ0n) is 11.0. The van der Waals surface area contributed by atoms with Crippen molar-refractivity contribution in [3.05, 3.63) is 51.3 Å². The number of nitrogens with zero attached hydrogens (tertiary/aromatic N) is 1. The summed E-state index contributed by atoms with van der Waals surface area (Å²) in [5.74, 6) is 0. The molecule has 6 heteroatoms. The van der Waals surface area contributed by atoms with Crippen LogP contribution >= 0.6 is 35.4 Å². The predicted octanol–water partition coefficient (Wildman–Crippen LogP) is 4.38. The standard InChI is InChI=1S/C14H13Cl2N3S/c1-7-6-11(12(14(17)20)8(2)18-7)19-13-9(15)4-3-5-10(13)16/h3-6H,1-2H3,(H2,17,20)(H,18,19). The molecule has 1 aromatic heterocycles. The molecule has 2 rings (SSSR count). The van der Waals surface area contributed by atoms with E-state index < -0.39 is 0 Å². The quantitative estimate of drug-likeness (QED) is 0.822. The second-order valence-electron chi connectivity index (χ2n) is 4.36. The van der Waals surface area contributed by atoms with Crippen molar-refractivity contribution in [1.82, 2.24) is 4.98 Å². The minimum Gasteiger partial charge on any atom is -0.389 e. The smallest absolute Gasteiger partial charge is 0.107 e. The molecule has 0 atom stereocenters. The van der Waals surface area contributed by atoms with Crippen LogP contribution in [-0.4, -0.2) is 9.97 Å². The van der Waals surface area contributed by atoms with Crippen LogP contribution in [0.25, 0.3) is 0 Å². The van der Waals surface area contributed by atoms with Gasteiger partial charge in [0.1, 0.15) is 4.99 Å². The zero-order chi connectivity index (χ0) is 14.9. The summed E-state index contributed by atoms with van der Waals surface area (Å²) in [6.45, 7) is 3.76. The average molecular weight is 326 g/mol. The summed E-state index contributed by atoms with van der Waals surface area (Å²) in [6.07, 6.45) is 0. The van der Waals surface area contributed by atoms with Gasteiger partial charge in [-0.15, -0.1) is 0 Å². The second-order valence-corrected chi connectivity index (χ2v) is 5.61. The lowest BCUT2D eigenvalue weighted by Gasteiger charge is -2.16. The number of nitrogens with two attached hydrogens (primary N) is 1. The topological polar surface area (TPSA) is 50.9 Å². The number of benzene rings is 1. The van der Waals surface area contributed by atoms with E-state index in [1.54, 1.807) is 18.2 Å². The number of pyridine rings is 1. The van der Waals surface area contributed by atoms with Crippen molar-refractivity contribution in [2.75, 3.05) is 5.32 Å². The van der Waals surface area contributed by atoms with Gasteiger partial charge in [-0.2, -0.15) is 0 Å². The van der Waals surface area contributed by atoms with Crippen LogP contribution in [0.1, 0.15) is 17.0 Å². The van der Waals surface area contributed by atoms with Crippen LogP contribution in [0.5, 0.6) is 0 Å². The minimum atomic E-state index is 0.278. The molecule has 1 heterocycles. The van der Waals surface area contributed by atoms with Gasteiger partial charge in [-0.3, -0.25) is 4.98 Å². The summed E-state index contributed by atoms with van der Waals surface area (Å²) >= 11 is 17.4. The Morgan fingerprint density at radius 1 is 1.25 bits per heavy atom. The number of anilines is 2. The van der Waals surface area contributed by atoms with Gasteiger partial charge >= 0.3 is 0 Å². The first kappa shape index (κ1) is 15.0. The zero-order valence-corrected chi connectivity index (χ0v) is 13.3. The summed E-state index contributed by atoms with van der Waals surface area (Å²) in [5.41, 5.74) is 9.47. The molecule has 3 nitrogen and oxygen atoms in total. The summed E-state index contributed by atoms with van der Waals surface area (Å²) in [6, 6.07) is 7.17. The number of para-hydroxylation sites is 1. The number of hydrogen-bond donors (Lipinski definition) is 2. The molecule has 0 bridgehead atoms. The molecule has 2 aromatic rings. The number of nitrogens with one attached hydrogen (secondary N) is 1. The summed E-state index contributed by atoms with van der Waals surface area (Å²) < 4.78 is 0. The molecule has 0 fully saturated rings. The molecule has 0 aliphatic carbocycles. The van der Waals surface area contributed by atoms with Crippen molar-refractivity contribution in [3.63, 3.8) is 0 Å². The highest BCUT2D eigenvalue weighted by Crippen LogP contribution is 2.34. The van der Waals surface area contributed by atoms with Crippen molar-refractivity contribution >= 4 is 51.8 Å². The number of thiocarbonyl (C=S) groups is 1. The molecule has 20 heavy (non-hydrogen) atoms. The molecule has 0 radical (unpaired) electrons. The van der Waals surface area contributed by atoms with Gasteiger partial charge in [0.05, 0.1) is 27.0 Å². The third-order valence-electron chi connectivity index (χ3n) is 2.80. The van der Waals surface area contributed by atoms with E-state index in [9.17, 15) is 0 Å². The van der Waals surface area contributed by atoms with Crippen LogP contribution in [-0.2, 0) is 0 Å². The second kappa shape index (κ2) is 5.95. The molecule has 104 valence electrons. The number of halogens is 2. The molecule has 0 unspecified atom stereocenters. The molecule has 0 saturated carbocycles. The van der Waals surface area contributed by atoms with Gasteiger partial charge < -0.3 is 11.1 Å². The van der Waals surface area contributed by atoms with Crippen LogP contribution in [0.2, 0.25) is 10.0 Å². The summed E-state index contributed by atoms with van der Waals surface area (Å²) in [7, 11) is 0. The fourth-order valence-corrected chi connectivity index (χ4v) is 2.74. The third-order valence-corrected chi connectivity index (χ3v) is 3.63. The minimum absolute atomic E-state index is 0.278. The number of hydrogen-bond acceptors (Lipinski definition) is 3. The van der Waals surface area contributed by atoms with Crippen molar-refractivity contribution in [2.45, 2.75) is 13.8 Å². The van der Waals surface area contributed by atoms with Crippen molar-refractivity contribution in [3.8, 4) is 0 Å². The van der Waals surface area contributed by atoms with E-state index in [1.807, 2.05) is 19.9 Å². The Morgan fingerprint density at radius 3 is 2.40 bits per heavy atom. The molecule has 1 aromatic carbocycles. The Morgan fingerprint density at radius 2 is 1.85 bits per heavy atom. The molecule has 0 spiro atoms. The van der Waals surface area contributed by atoms with Crippen LogP contribution in [0.3, 0.4) is 0 Å². The third kappa shape index (κ3) is 3.03. The molecule has 0 aliphatic rings. The van der Waals surface area contributed by atoms with Gasteiger partial charge in [0.2, 0.25) is 0 Å². The molecule has 0 aliphatic heterocycles. The maximum absolute atomic E-state index is 6.16. The number of aryl methyl sites for hydroxylation is 2. The largest absolute Gasteiger partial charge is 0.389 e. The molecular formula is C14H13Cl2N3S. The van der Waals surface area contributed by atoms with Crippen LogP contribution < -0.4 is 11.1 Å². The van der Waals surface area contributed by atoms with Crippen LogP contribution in [0.4, 0.5) is 11.4 Å². The van der Waals surface area contributed by atoms with Gasteiger partial charge in [0.15, 0.2) is 0 Å². The highest BCUT2D eigenvalue weighted by atomic mass is 35.5. The van der Waals surface area contributed by atoms with E-state index in [4.69, 9.17) is 41.2 Å². The summed E-state index contributed by atoms with van der Waals surface area (Å²) in [5, 5.41) is 4.25. The average Bonchev–Trinajstić information content (AvgIpc) is 2.32. The summed E-state index contributed by atoms with van der Waals surface area (Å²) in [4.78, 5) is 4.65. The van der Waals surface area contributed by atoms with E-state index in [-0.39, 0.29) is 4.99 Å². The Hall–Kier alpha value is -1.36. The number of rotatable bonds is 3. The Labute approximate surface area is 133 Å². The molecule has 0 saturated heterocycles. The van der Waals surface area contributed by atoms with Crippen LogP contribution in [0.15, 0.2) is 24.3 Å². The van der Waals surface area contributed by atoms with Crippen molar-refractivity contribution in [2.24, 2.45) is 5.73 Å².